The number of carboxylic acid groups (broad SMARTS) is 1. The molecule has 4 aliphatic rings. The molecule has 0 aromatic heterocycles. The number of hydrogen-bond acceptors (Lipinski definition) is 6. The average molecular weight is 521 g/mol. The molecule has 4 aliphatic carbocycles. The first-order chi connectivity index (χ1) is 16.7. The van der Waals surface area contributed by atoms with Crippen LogP contribution < -0.4 is 0 Å². The van der Waals surface area contributed by atoms with Crippen LogP contribution in [0.4, 0.5) is 0 Å². The van der Waals surface area contributed by atoms with Gasteiger partial charge in [0.1, 0.15) is 0 Å². The van der Waals surface area contributed by atoms with E-state index >= 15 is 0 Å². The fourth-order valence-corrected chi connectivity index (χ4v) is 9.44. The summed E-state index contributed by atoms with van der Waals surface area (Å²) < 4.78 is 5.22. The van der Waals surface area contributed by atoms with Gasteiger partial charge in [0.2, 0.25) is 0 Å². The molecule has 0 heterocycles. The van der Waals surface area contributed by atoms with Crippen LogP contribution in [0, 0.1) is 39.9 Å². The van der Waals surface area contributed by atoms with Gasteiger partial charge in [0, 0.05) is 11.8 Å². The predicted molar refractivity (Wildman–Crippen MR) is 133 cm³/mol. The third-order valence-electron chi connectivity index (χ3n) is 10.5. The van der Waals surface area contributed by atoms with E-state index in [-0.39, 0.29) is 36.4 Å². The van der Waals surface area contributed by atoms with Crippen LogP contribution in [-0.2, 0) is 23.9 Å². The number of ketones is 2. The summed E-state index contributed by atoms with van der Waals surface area (Å²) in [5, 5.41) is 22.0. The molecule has 0 spiro atoms. The Hall–Kier alpha value is -1.99. The number of ether oxygens (including phenoxy) is 1. The van der Waals surface area contributed by atoms with Gasteiger partial charge in [0.15, 0.2) is 18.2 Å². The van der Waals surface area contributed by atoms with Gasteiger partial charge in [-0.15, -0.1) is 11.6 Å². The molecule has 0 bridgehead atoms. The smallest absolute Gasteiger partial charge is 0.307 e. The molecular weight excluding hydrogens is 484 g/mol. The predicted octanol–water partition coefficient (Wildman–Crippen LogP) is 4.10. The highest BCUT2D eigenvalue weighted by Crippen LogP contribution is 2.75. The van der Waals surface area contributed by atoms with Crippen LogP contribution in [0.5, 0.6) is 0 Å². The number of fused-ring (bicyclic) bond motifs is 5. The SMILES string of the molecule is CCC(=O)OCC(=O)[C@@]1(C(C)C(=O)O)[C@@H](C)C[C@H]2[C@@H]3CCC4=CC(=O)C=C[C@]4(C)[C@@]3(Cl)[C@@H](O)C[C@@]21C. The molecule has 0 amide bonds. The molecule has 0 radical (unpaired) electrons. The molecule has 0 saturated heterocycles. The number of Topliss-reactive ketones (excluding diaryl/α,β-unsaturated/α-hetero) is 1. The van der Waals surface area contributed by atoms with Crippen molar-refractivity contribution >= 4 is 35.1 Å². The molecule has 0 aliphatic heterocycles. The highest BCUT2D eigenvalue weighted by atomic mass is 35.5. The van der Waals surface area contributed by atoms with Gasteiger partial charge in [0.05, 0.1) is 22.3 Å². The summed E-state index contributed by atoms with van der Waals surface area (Å²) in [5.41, 5.74) is -2.05. The lowest BCUT2D eigenvalue weighted by Crippen LogP contribution is -2.68. The van der Waals surface area contributed by atoms with Gasteiger partial charge in [-0.05, 0) is 61.0 Å². The number of allylic oxidation sites excluding steroid dienone is 4. The molecule has 198 valence electrons. The third kappa shape index (κ3) is 3.27. The quantitative estimate of drug-likeness (QED) is 0.400. The largest absolute Gasteiger partial charge is 0.481 e. The average Bonchev–Trinajstić information content (AvgIpc) is 3.05. The molecule has 7 nitrogen and oxygen atoms in total. The Balaban J connectivity index is 1.83. The standard InChI is InChI=1S/C28H37ClO7/c1-6-23(33)36-14-22(32)27(16(3)24(34)35)15(2)11-20-19-8-7-17-12-18(30)9-10-25(17,4)28(19,29)21(31)13-26(20,27)5/h9-10,12,15-16,19-21,31H,6-8,11,13-14H2,1-5H3,(H,34,35)/t15-,16?,19-,20-,21-,25-,26-,27-,28-/m0/s1. The lowest BCUT2D eigenvalue weighted by molar-refractivity contribution is -0.179. The Morgan fingerprint density at radius 1 is 1.25 bits per heavy atom. The zero-order valence-electron chi connectivity index (χ0n) is 21.7. The maximum Gasteiger partial charge on any atom is 0.307 e. The van der Waals surface area contributed by atoms with Crippen molar-refractivity contribution in [2.24, 2.45) is 39.9 Å². The van der Waals surface area contributed by atoms with Crippen LogP contribution in [-0.4, -0.2) is 51.3 Å². The minimum Gasteiger partial charge on any atom is -0.481 e. The second-order valence-corrected chi connectivity index (χ2v) is 12.4. The van der Waals surface area contributed by atoms with Crippen molar-refractivity contribution in [3.05, 3.63) is 23.8 Å². The van der Waals surface area contributed by atoms with Gasteiger partial charge in [0.25, 0.3) is 0 Å². The summed E-state index contributed by atoms with van der Waals surface area (Å²) in [6.45, 7) is 8.50. The topological polar surface area (TPSA) is 118 Å². The van der Waals surface area contributed by atoms with E-state index < -0.39 is 57.5 Å². The maximum atomic E-state index is 14.0. The van der Waals surface area contributed by atoms with Crippen molar-refractivity contribution in [1.29, 1.82) is 0 Å². The maximum absolute atomic E-state index is 14.0. The van der Waals surface area contributed by atoms with Crippen molar-refractivity contribution in [3.63, 3.8) is 0 Å². The van der Waals surface area contributed by atoms with Crippen LogP contribution >= 0.6 is 11.6 Å². The Kier molecular flexibility index (Phi) is 6.61. The first-order valence-corrected chi connectivity index (χ1v) is 13.3. The number of halogens is 1. The van der Waals surface area contributed by atoms with Gasteiger partial charge in [-0.3, -0.25) is 19.2 Å². The highest BCUT2D eigenvalue weighted by Gasteiger charge is 2.76. The fraction of sp³-hybridized carbons (Fsp3) is 0.714. The van der Waals surface area contributed by atoms with Crippen LogP contribution in [0.3, 0.4) is 0 Å². The Morgan fingerprint density at radius 3 is 2.53 bits per heavy atom. The number of aliphatic hydroxyl groups excluding tert-OH is 1. The number of rotatable bonds is 6. The Morgan fingerprint density at radius 2 is 1.92 bits per heavy atom. The van der Waals surface area contributed by atoms with E-state index in [4.69, 9.17) is 16.3 Å². The molecule has 0 aromatic rings. The van der Waals surface area contributed by atoms with Gasteiger partial charge in [-0.1, -0.05) is 46.3 Å². The second-order valence-electron chi connectivity index (χ2n) is 11.8. The van der Waals surface area contributed by atoms with E-state index in [1.54, 1.807) is 19.9 Å². The summed E-state index contributed by atoms with van der Waals surface area (Å²) in [6.07, 6.45) is 6.00. The van der Waals surface area contributed by atoms with Gasteiger partial charge in [-0.2, -0.15) is 0 Å². The Bertz CT molecular complexity index is 1060. The van der Waals surface area contributed by atoms with Crippen LogP contribution in [0.2, 0.25) is 0 Å². The molecule has 1 unspecified atom stereocenters. The van der Waals surface area contributed by atoms with E-state index in [1.165, 1.54) is 6.08 Å². The minimum absolute atomic E-state index is 0.0904. The van der Waals surface area contributed by atoms with Crippen LogP contribution in [0.15, 0.2) is 23.8 Å². The normalized spacial score (nSPS) is 44.1. The van der Waals surface area contributed by atoms with Crippen molar-refractivity contribution in [2.45, 2.75) is 77.7 Å². The van der Waals surface area contributed by atoms with E-state index in [0.29, 0.717) is 19.3 Å². The first-order valence-electron chi connectivity index (χ1n) is 12.9. The number of carbonyl (C=O) groups is 4. The zero-order valence-corrected chi connectivity index (χ0v) is 22.4. The van der Waals surface area contributed by atoms with Gasteiger partial charge >= 0.3 is 11.9 Å². The Labute approximate surface area is 217 Å². The molecule has 0 aromatic carbocycles. The molecule has 9 atom stereocenters. The summed E-state index contributed by atoms with van der Waals surface area (Å²) in [6, 6.07) is 0. The van der Waals surface area contributed by atoms with E-state index in [0.717, 1.165) is 5.57 Å². The number of aliphatic hydroxyl groups is 1. The van der Waals surface area contributed by atoms with Gasteiger partial charge < -0.3 is 14.9 Å². The van der Waals surface area contributed by atoms with Crippen molar-refractivity contribution in [3.8, 4) is 0 Å². The number of esters is 1. The molecular formula is C28H37ClO7. The van der Waals surface area contributed by atoms with Crippen molar-refractivity contribution in [1.82, 2.24) is 0 Å². The summed E-state index contributed by atoms with van der Waals surface area (Å²) >= 11 is 7.48. The summed E-state index contributed by atoms with van der Waals surface area (Å²) in [7, 11) is 0. The fourth-order valence-electron chi connectivity index (χ4n) is 8.92. The number of carbonyl (C=O) groups excluding carboxylic acids is 3. The number of aliphatic carboxylic acids is 1. The number of alkyl halides is 1. The molecule has 3 saturated carbocycles. The van der Waals surface area contributed by atoms with Crippen LogP contribution in [0.1, 0.15) is 66.7 Å². The van der Waals surface area contributed by atoms with E-state index in [2.05, 4.69) is 0 Å². The van der Waals surface area contributed by atoms with E-state index in [9.17, 15) is 29.4 Å². The number of hydrogen-bond donors (Lipinski definition) is 2. The first kappa shape index (κ1) is 27.1. The summed E-state index contributed by atoms with van der Waals surface area (Å²) in [4.78, 5) is 49.3. The highest BCUT2D eigenvalue weighted by molar-refractivity contribution is 6.26. The molecule has 4 rings (SSSR count). The second kappa shape index (κ2) is 8.80. The molecule has 2 N–H and O–H groups in total. The zero-order chi connectivity index (χ0) is 26.8. The van der Waals surface area contributed by atoms with Gasteiger partial charge in [-0.25, -0.2) is 0 Å². The third-order valence-corrected chi connectivity index (χ3v) is 11.5. The monoisotopic (exact) mass is 520 g/mol. The molecule has 8 heteroatoms. The van der Waals surface area contributed by atoms with E-state index in [1.807, 2.05) is 26.8 Å². The molecule has 36 heavy (non-hydrogen) atoms. The number of carboxylic acids is 1. The lowest BCUT2D eigenvalue weighted by Gasteiger charge is -2.65. The molecule has 3 fully saturated rings. The lowest BCUT2D eigenvalue weighted by atomic mass is 9.42. The van der Waals surface area contributed by atoms with Crippen molar-refractivity contribution in [2.75, 3.05) is 6.61 Å². The minimum atomic E-state index is -1.34. The summed E-state index contributed by atoms with van der Waals surface area (Å²) in [5.74, 6) is -3.82. The van der Waals surface area contributed by atoms with Crippen molar-refractivity contribution < 1.29 is 34.1 Å². The van der Waals surface area contributed by atoms with Crippen LogP contribution in [0.25, 0.3) is 0 Å².